The lowest BCUT2D eigenvalue weighted by molar-refractivity contribution is 0.572. The van der Waals surface area contributed by atoms with Crippen LogP contribution in [-0.4, -0.2) is 20.2 Å². The molecule has 2 aromatic carbocycles. The van der Waals surface area contributed by atoms with E-state index in [1.54, 1.807) is 12.1 Å². The van der Waals surface area contributed by atoms with Crippen molar-refractivity contribution >= 4 is 0 Å². The molecular weight excluding hydrogens is 255 g/mol. The summed E-state index contributed by atoms with van der Waals surface area (Å²) in [7, 11) is 0. The van der Waals surface area contributed by atoms with E-state index in [1.165, 1.54) is 22.5 Å². The number of nitrogens with zero attached hydrogens (tertiary/aromatic N) is 4. The van der Waals surface area contributed by atoms with Crippen molar-refractivity contribution in [2.75, 3.05) is 0 Å². The molecule has 0 spiro atoms. The van der Waals surface area contributed by atoms with Gasteiger partial charge < -0.3 is 0 Å². The zero-order chi connectivity index (χ0) is 13.9. The van der Waals surface area contributed by atoms with Gasteiger partial charge in [-0.15, -0.1) is 10.2 Å². The summed E-state index contributed by atoms with van der Waals surface area (Å²) in [5.74, 6) is 0.120. The Hall–Kier alpha value is -2.56. The Morgan fingerprint density at radius 3 is 2.75 bits per heavy atom. The standard InChI is InChI=1S/C15H13FN4/c1-11-4-2-5-12(8-11)10-20-18-15(17-19-20)13-6-3-7-14(16)9-13/h2-9H,10H2,1H3. The predicted molar refractivity (Wildman–Crippen MR) is 73.5 cm³/mol. The van der Waals surface area contributed by atoms with E-state index in [4.69, 9.17) is 0 Å². The molecule has 0 aliphatic carbocycles. The van der Waals surface area contributed by atoms with Crippen molar-refractivity contribution in [1.29, 1.82) is 0 Å². The van der Waals surface area contributed by atoms with E-state index in [9.17, 15) is 4.39 Å². The van der Waals surface area contributed by atoms with E-state index in [0.717, 1.165) is 5.56 Å². The van der Waals surface area contributed by atoms with Crippen LogP contribution in [0.5, 0.6) is 0 Å². The first kappa shape index (κ1) is 12.5. The van der Waals surface area contributed by atoms with Crippen LogP contribution in [-0.2, 0) is 6.54 Å². The van der Waals surface area contributed by atoms with Crippen molar-refractivity contribution in [3.63, 3.8) is 0 Å². The Morgan fingerprint density at radius 1 is 1.10 bits per heavy atom. The lowest BCUT2D eigenvalue weighted by Crippen LogP contribution is -2.04. The fraction of sp³-hybridized carbons (Fsp3) is 0.133. The number of tetrazole rings is 1. The van der Waals surface area contributed by atoms with Crippen LogP contribution in [0.2, 0.25) is 0 Å². The van der Waals surface area contributed by atoms with Crippen LogP contribution in [0.1, 0.15) is 11.1 Å². The molecule has 0 saturated carbocycles. The second-order valence-electron chi connectivity index (χ2n) is 4.64. The highest BCUT2D eigenvalue weighted by Crippen LogP contribution is 2.14. The monoisotopic (exact) mass is 268 g/mol. The average Bonchev–Trinajstić information content (AvgIpc) is 2.87. The molecule has 0 amide bonds. The highest BCUT2D eigenvalue weighted by Gasteiger charge is 2.07. The molecule has 0 atom stereocenters. The van der Waals surface area contributed by atoms with Gasteiger partial charge in [0, 0.05) is 5.56 Å². The molecule has 0 aliphatic heterocycles. The maximum Gasteiger partial charge on any atom is 0.205 e. The van der Waals surface area contributed by atoms with Crippen LogP contribution >= 0.6 is 0 Å². The fourth-order valence-corrected chi connectivity index (χ4v) is 2.03. The summed E-state index contributed by atoms with van der Waals surface area (Å²) >= 11 is 0. The van der Waals surface area contributed by atoms with Gasteiger partial charge in [0.2, 0.25) is 5.82 Å². The van der Waals surface area contributed by atoms with Gasteiger partial charge in [0.05, 0.1) is 6.54 Å². The summed E-state index contributed by atoms with van der Waals surface area (Å²) in [6, 6.07) is 14.3. The summed E-state index contributed by atoms with van der Waals surface area (Å²) in [5.41, 5.74) is 2.92. The number of hydrogen-bond acceptors (Lipinski definition) is 3. The van der Waals surface area contributed by atoms with Crippen LogP contribution in [0.4, 0.5) is 4.39 Å². The van der Waals surface area contributed by atoms with E-state index >= 15 is 0 Å². The van der Waals surface area contributed by atoms with Crippen LogP contribution in [0.3, 0.4) is 0 Å². The first-order valence-corrected chi connectivity index (χ1v) is 6.30. The molecule has 0 saturated heterocycles. The third-order valence-corrected chi connectivity index (χ3v) is 2.94. The van der Waals surface area contributed by atoms with Crippen molar-refractivity contribution in [2.24, 2.45) is 0 Å². The zero-order valence-electron chi connectivity index (χ0n) is 11.0. The van der Waals surface area contributed by atoms with Crippen molar-refractivity contribution in [1.82, 2.24) is 20.2 Å². The molecule has 1 aromatic heterocycles. The second kappa shape index (κ2) is 5.21. The summed E-state index contributed by atoms with van der Waals surface area (Å²) < 4.78 is 13.2. The minimum atomic E-state index is -0.308. The molecule has 0 bridgehead atoms. The number of hydrogen-bond donors (Lipinski definition) is 0. The van der Waals surface area contributed by atoms with Crippen molar-refractivity contribution in [3.05, 3.63) is 65.5 Å². The predicted octanol–water partition coefficient (Wildman–Crippen LogP) is 2.84. The van der Waals surface area contributed by atoms with Gasteiger partial charge in [-0.25, -0.2) is 4.39 Å². The molecule has 0 N–H and O–H groups in total. The molecule has 0 fully saturated rings. The third-order valence-electron chi connectivity index (χ3n) is 2.94. The van der Waals surface area contributed by atoms with E-state index in [0.29, 0.717) is 17.9 Å². The van der Waals surface area contributed by atoms with Crippen LogP contribution in [0, 0.1) is 12.7 Å². The zero-order valence-corrected chi connectivity index (χ0v) is 11.0. The third kappa shape index (κ3) is 2.71. The first-order valence-electron chi connectivity index (χ1n) is 6.30. The average molecular weight is 268 g/mol. The van der Waals surface area contributed by atoms with Crippen molar-refractivity contribution in [2.45, 2.75) is 13.5 Å². The van der Waals surface area contributed by atoms with E-state index < -0.39 is 0 Å². The highest BCUT2D eigenvalue weighted by molar-refractivity contribution is 5.53. The lowest BCUT2D eigenvalue weighted by Gasteiger charge is -2.00. The molecule has 0 aliphatic rings. The SMILES string of the molecule is Cc1cccc(Cn2nnc(-c3cccc(F)c3)n2)c1. The van der Waals surface area contributed by atoms with Gasteiger partial charge in [0.25, 0.3) is 0 Å². The summed E-state index contributed by atoms with van der Waals surface area (Å²) in [6.45, 7) is 2.58. The quantitative estimate of drug-likeness (QED) is 0.733. The number of rotatable bonds is 3. The number of aryl methyl sites for hydroxylation is 1. The molecule has 100 valence electrons. The Bertz CT molecular complexity index is 736. The molecule has 4 nitrogen and oxygen atoms in total. The van der Waals surface area contributed by atoms with Gasteiger partial charge in [-0.2, -0.15) is 4.80 Å². The fourth-order valence-electron chi connectivity index (χ4n) is 2.03. The van der Waals surface area contributed by atoms with Crippen LogP contribution in [0.25, 0.3) is 11.4 Å². The Kier molecular flexibility index (Phi) is 3.25. The van der Waals surface area contributed by atoms with Gasteiger partial charge in [-0.1, -0.05) is 42.0 Å². The number of aromatic nitrogens is 4. The Morgan fingerprint density at radius 2 is 1.95 bits per heavy atom. The number of benzene rings is 2. The molecule has 5 heteroatoms. The number of halogens is 1. The molecule has 3 rings (SSSR count). The Balaban J connectivity index is 1.84. The highest BCUT2D eigenvalue weighted by atomic mass is 19.1. The van der Waals surface area contributed by atoms with E-state index in [1.807, 2.05) is 25.1 Å². The van der Waals surface area contributed by atoms with Gasteiger partial charge in [-0.3, -0.25) is 0 Å². The molecule has 20 heavy (non-hydrogen) atoms. The topological polar surface area (TPSA) is 43.6 Å². The molecule has 1 heterocycles. The van der Waals surface area contributed by atoms with Gasteiger partial charge >= 0.3 is 0 Å². The van der Waals surface area contributed by atoms with Gasteiger partial charge in [-0.05, 0) is 29.8 Å². The minimum Gasteiger partial charge on any atom is -0.207 e. The van der Waals surface area contributed by atoms with Gasteiger partial charge in [0.1, 0.15) is 5.82 Å². The Labute approximate surface area is 115 Å². The van der Waals surface area contributed by atoms with Crippen LogP contribution in [0.15, 0.2) is 48.5 Å². The normalized spacial score (nSPS) is 10.7. The molecule has 0 unspecified atom stereocenters. The maximum atomic E-state index is 13.2. The largest absolute Gasteiger partial charge is 0.207 e. The minimum absolute atomic E-state index is 0.308. The lowest BCUT2D eigenvalue weighted by atomic mass is 10.1. The van der Waals surface area contributed by atoms with Crippen molar-refractivity contribution in [3.8, 4) is 11.4 Å². The molecule has 0 radical (unpaired) electrons. The summed E-state index contributed by atoms with van der Waals surface area (Å²) in [6.07, 6.45) is 0. The van der Waals surface area contributed by atoms with Gasteiger partial charge in [0.15, 0.2) is 0 Å². The summed E-state index contributed by atoms with van der Waals surface area (Å²) in [4.78, 5) is 1.51. The van der Waals surface area contributed by atoms with E-state index in [2.05, 4.69) is 21.5 Å². The molecule has 3 aromatic rings. The smallest absolute Gasteiger partial charge is 0.205 e. The van der Waals surface area contributed by atoms with Crippen molar-refractivity contribution < 1.29 is 4.39 Å². The maximum absolute atomic E-state index is 13.2. The summed E-state index contributed by atoms with van der Waals surface area (Å²) in [5, 5.41) is 12.2. The molecular formula is C15H13FN4. The first-order chi connectivity index (χ1) is 9.70. The second-order valence-corrected chi connectivity index (χ2v) is 4.64. The van der Waals surface area contributed by atoms with E-state index in [-0.39, 0.29) is 5.82 Å². The van der Waals surface area contributed by atoms with Crippen LogP contribution < -0.4 is 0 Å².